The maximum Gasteiger partial charge on any atom is 0.316 e. The molecule has 0 aromatic carbocycles. The monoisotopic (exact) mass is 350 g/mol. The van der Waals surface area contributed by atoms with Crippen molar-refractivity contribution in [2.45, 2.75) is 18.9 Å². The van der Waals surface area contributed by atoms with Crippen LogP contribution in [0.15, 0.2) is 22.5 Å². The van der Waals surface area contributed by atoms with Gasteiger partial charge in [0.25, 0.3) is 0 Å². The number of thiophene rings is 2. The van der Waals surface area contributed by atoms with E-state index in [-0.39, 0.29) is 11.7 Å². The van der Waals surface area contributed by atoms with E-state index in [1.807, 2.05) is 17.5 Å². The van der Waals surface area contributed by atoms with Crippen molar-refractivity contribution in [1.82, 2.24) is 9.97 Å². The summed E-state index contributed by atoms with van der Waals surface area (Å²) in [4.78, 5) is 24.1. The Hall–Kier alpha value is -1.44. The molecule has 0 spiro atoms. The van der Waals surface area contributed by atoms with Gasteiger partial charge in [0.1, 0.15) is 9.86 Å². The molecule has 0 fully saturated rings. The Balaban J connectivity index is 2.11. The fraction of sp³-hybridized carbons (Fsp3) is 0.267. The molecular weight excluding hydrogens is 336 g/mol. The summed E-state index contributed by atoms with van der Waals surface area (Å²) < 4.78 is 4.72. The average Bonchev–Trinajstić information content (AvgIpc) is 3.14. The molecule has 4 nitrogen and oxygen atoms in total. The lowest BCUT2D eigenvalue weighted by Crippen LogP contribution is -2.03. The molecule has 3 rings (SSSR count). The molecule has 0 unspecified atom stereocenters. The fourth-order valence-corrected chi connectivity index (χ4v) is 4.69. The van der Waals surface area contributed by atoms with Crippen LogP contribution in [-0.2, 0) is 9.53 Å². The Bertz CT molecular complexity index is 825. The minimum atomic E-state index is -0.251. The van der Waals surface area contributed by atoms with Gasteiger partial charge in [-0.2, -0.15) is 0 Å². The molecule has 0 amide bonds. The van der Waals surface area contributed by atoms with E-state index in [1.54, 1.807) is 22.7 Å². The quantitative estimate of drug-likeness (QED) is 0.399. The number of hydrogen-bond donors (Lipinski definition) is 0. The van der Waals surface area contributed by atoms with E-state index in [0.29, 0.717) is 0 Å². The highest BCUT2D eigenvalue weighted by Gasteiger charge is 2.17. The van der Waals surface area contributed by atoms with Crippen molar-refractivity contribution in [3.63, 3.8) is 0 Å². The van der Waals surface area contributed by atoms with E-state index in [4.69, 9.17) is 9.72 Å². The molecule has 0 aliphatic carbocycles. The smallest absolute Gasteiger partial charge is 0.316 e. The predicted octanol–water partition coefficient (Wildman–Crippen LogP) is 4.30. The first-order chi connectivity index (χ1) is 10.6. The largest absolute Gasteiger partial charge is 0.468 e. The van der Waals surface area contributed by atoms with Gasteiger partial charge in [-0.05, 0) is 30.9 Å². The summed E-state index contributed by atoms with van der Waals surface area (Å²) in [6.45, 7) is 4.16. The highest BCUT2D eigenvalue weighted by Crippen LogP contribution is 2.37. The molecule has 3 aromatic heterocycles. The van der Waals surface area contributed by atoms with E-state index in [1.165, 1.54) is 29.3 Å². The number of esters is 1. The highest BCUT2D eigenvalue weighted by molar-refractivity contribution is 8.00. The zero-order valence-corrected chi connectivity index (χ0v) is 14.8. The number of hydrogen-bond acceptors (Lipinski definition) is 7. The van der Waals surface area contributed by atoms with E-state index >= 15 is 0 Å². The number of rotatable bonds is 4. The van der Waals surface area contributed by atoms with Crippen LogP contribution in [-0.4, -0.2) is 28.8 Å². The Morgan fingerprint density at radius 2 is 2.18 bits per heavy atom. The number of ether oxygens (including phenoxy) is 1. The van der Waals surface area contributed by atoms with Crippen molar-refractivity contribution in [2.24, 2.45) is 0 Å². The molecule has 0 radical (unpaired) electrons. The normalized spacial score (nSPS) is 11.0. The molecule has 0 aliphatic heterocycles. The second-order valence-corrected chi connectivity index (χ2v) is 7.77. The van der Waals surface area contributed by atoms with Gasteiger partial charge in [0, 0.05) is 10.3 Å². The molecule has 0 aliphatic rings. The number of thioether (sulfide) groups is 1. The van der Waals surface area contributed by atoms with Gasteiger partial charge < -0.3 is 4.74 Å². The molecule has 7 heteroatoms. The lowest BCUT2D eigenvalue weighted by Gasteiger charge is -2.05. The zero-order chi connectivity index (χ0) is 15.7. The SMILES string of the molecule is COC(=O)CSc1nc(-c2cccs2)nc2sc(C)c(C)c12. The van der Waals surface area contributed by atoms with Crippen molar-refractivity contribution in [3.05, 3.63) is 28.0 Å². The molecule has 0 atom stereocenters. The zero-order valence-electron chi connectivity index (χ0n) is 12.4. The van der Waals surface area contributed by atoms with Gasteiger partial charge in [-0.15, -0.1) is 22.7 Å². The molecule has 0 N–H and O–H groups in total. The summed E-state index contributed by atoms with van der Waals surface area (Å²) in [5, 5.41) is 3.91. The van der Waals surface area contributed by atoms with Crippen molar-refractivity contribution in [1.29, 1.82) is 0 Å². The molecular formula is C15H14N2O2S3. The number of aryl methyl sites for hydroxylation is 2. The minimum absolute atomic E-state index is 0.251. The van der Waals surface area contributed by atoms with E-state index < -0.39 is 0 Å². The molecule has 0 bridgehead atoms. The van der Waals surface area contributed by atoms with Crippen LogP contribution in [0.4, 0.5) is 0 Å². The van der Waals surface area contributed by atoms with E-state index in [2.05, 4.69) is 18.8 Å². The van der Waals surface area contributed by atoms with Crippen LogP contribution in [0.5, 0.6) is 0 Å². The Morgan fingerprint density at radius 3 is 2.86 bits per heavy atom. The summed E-state index contributed by atoms with van der Waals surface area (Å²) in [5.74, 6) is 0.719. The molecule has 0 saturated carbocycles. The van der Waals surface area contributed by atoms with Gasteiger partial charge in [-0.3, -0.25) is 4.79 Å². The van der Waals surface area contributed by atoms with Crippen LogP contribution >= 0.6 is 34.4 Å². The van der Waals surface area contributed by atoms with E-state index in [9.17, 15) is 4.79 Å². The van der Waals surface area contributed by atoms with Crippen molar-refractivity contribution in [2.75, 3.05) is 12.9 Å². The molecule has 3 heterocycles. The molecule has 3 aromatic rings. The summed E-state index contributed by atoms with van der Waals surface area (Å²) in [7, 11) is 1.40. The van der Waals surface area contributed by atoms with Gasteiger partial charge >= 0.3 is 5.97 Å². The Morgan fingerprint density at radius 1 is 1.36 bits per heavy atom. The highest BCUT2D eigenvalue weighted by atomic mass is 32.2. The molecule has 22 heavy (non-hydrogen) atoms. The first-order valence-corrected chi connectivity index (χ1v) is 9.29. The summed E-state index contributed by atoms with van der Waals surface area (Å²) in [6, 6.07) is 3.99. The third-order valence-corrected chi connectivity index (χ3v) is 6.21. The summed E-state index contributed by atoms with van der Waals surface area (Å²) in [6.07, 6.45) is 0. The fourth-order valence-electron chi connectivity index (χ4n) is 2.02. The van der Waals surface area contributed by atoms with Crippen LogP contribution in [0.25, 0.3) is 20.9 Å². The summed E-state index contributed by atoms with van der Waals surface area (Å²) >= 11 is 4.69. The average molecular weight is 350 g/mol. The number of aromatic nitrogens is 2. The van der Waals surface area contributed by atoms with Gasteiger partial charge in [0.15, 0.2) is 5.82 Å². The minimum Gasteiger partial charge on any atom is -0.468 e. The van der Waals surface area contributed by atoms with Crippen LogP contribution in [0.2, 0.25) is 0 Å². The first-order valence-electron chi connectivity index (χ1n) is 6.61. The topological polar surface area (TPSA) is 52.1 Å². The lowest BCUT2D eigenvalue weighted by molar-refractivity contribution is -0.137. The van der Waals surface area contributed by atoms with Crippen molar-refractivity contribution < 1.29 is 9.53 Å². The number of carbonyl (C=O) groups is 1. The first kappa shape index (κ1) is 15.5. The molecule has 114 valence electrons. The standard InChI is InChI=1S/C15H14N2O2S3/c1-8-9(2)22-15-12(8)14(21-7-11(18)19-3)16-13(17-15)10-5-4-6-20-10/h4-6H,7H2,1-3H3. The lowest BCUT2D eigenvalue weighted by atomic mass is 10.2. The van der Waals surface area contributed by atoms with E-state index in [0.717, 1.165) is 25.9 Å². The molecule has 0 saturated heterocycles. The number of carbonyl (C=O) groups excluding carboxylic acids is 1. The van der Waals surface area contributed by atoms with Crippen LogP contribution in [0, 0.1) is 13.8 Å². The van der Waals surface area contributed by atoms with Gasteiger partial charge in [0.2, 0.25) is 0 Å². The van der Waals surface area contributed by atoms with Gasteiger partial charge in [-0.1, -0.05) is 17.8 Å². The maximum atomic E-state index is 11.4. The van der Waals surface area contributed by atoms with Gasteiger partial charge in [-0.25, -0.2) is 9.97 Å². The third kappa shape index (κ3) is 2.88. The van der Waals surface area contributed by atoms with Crippen molar-refractivity contribution >= 4 is 50.6 Å². The van der Waals surface area contributed by atoms with Crippen LogP contribution < -0.4 is 0 Å². The Labute approximate surface area is 140 Å². The number of nitrogens with zero attached hydrogens (tertiary/aromatic N) is 2. The third-order valence-electron chi connectivity index (χ3n) is 3.29. The van der Waals surface area contributed by atoms with Crippen LogP contribution in [0.1, 0.15) is 10.4 Å². The number of fused-ring (bicyclic) bond motifs is 1. The summed E-state index contributed by atoms with van der Waals surface area (Å²) in [5.41, 5.74) is 1.19. The van der Waals surface area contributed by atoms with Crippen molar-refractivity contribution in [3.8, 4) is 10.7 Å². The second kappa shape index (κ2) is 6.36. The van der Waals surface area contributed by atoms with Crippen LogP contribution in [0.3, 0.4) is 0 Å². The maximum absolute atomic E-state index is 11.4. The Kier molecular flexibility index (Phi) is 4.46. The second-order valence-electron chi connectivity index (χ2n) is 4.66. The number of methoxy groups -OCH3 is 1. The van der Waals surface area contributed by atoms with Gasteiger partial charge in [0.05, 0.1) is 17.7 Å². The predicted molar refractivity (Wildman–Crippen MR) is 92.9 cm³/mol.